The van der Waals surface area contributed by atoms with Crippen molar-refractivity contribution in [2.75, 3.05) is 7.11 Å². The summed E-state index contributed by atoms with van der Waals surface area (Å²) in [6.07, 6.45) is 6.14. The highest BCUT2D eigenvalue weighted by molar-refractivity contribution is 6.74. The van der Waals surface area contributed by atoms with Crippen LogP contribution in [0.25, 0.3) is 0 Å². The van der Waals surface area contributed by atoms with Crippen molar-refractivity contribution in [3.8, 4) is 23.7 Å². The summed E-state index contributed by atoms with van der Waals surface area (Å²) in [4.78, 5) is 12.0. The van der Waals surface area contributed by atoms with Crippen LogP contribution in [0.5, 0.6) is 0 Å². The van der Waals surface area contributed by atoms with E-state index >= 15 is 0 Å². The number of carbonyl (C=O) groups excluding carboxylic acids is 1. The van der Waals surface area contributed by atoms with E-state index in [4.69, 9.17) is 13.6 Å². The Morgan fingerprint density at radius 2 is 1.64 bits per heavy atom. The number of esters is 1. The van der Waals surface area contributed by atoms with E-state index in [0.717, 1.165) is 32.1 Å². The lowest BCUT2D eigenvalue weighted by Crippen LogP contribution is -2.45. The van der Waals surface area contributed by atoms with Crippen molar-refractivity contribution in [1.29, 1.82) is 0 Å². The van der Waals surface area contributed by atoms with Crippen molar-refractivity contribution in [2.45, 2.75) is 136 Å². The van der Waals surface area contributed by atoms with Crippen molar-refractivity contribution in [3.05, 3.63) is 11.6 Å². The third-order valence-electron chi connectivity index (χ3n) is 9.66. The Hall–Kier alpha value is -1.32. The number of hydrogen-bond donors (Lipinski definition) is 0. The largest absolute Gasteiger partial charge is 0.466 e. The number of methoxy groups -OCH3 is 1. The molecular weight excluding hydrogens is 517 g/mol. The summed E-state index contributed by atoms with van der Waals surface area (Å²) in [7, 11) is -2.56. The van der Waals surface area contributed by atoms with Crippen molar-refractivity contribution < 1.29 is 18.4 Å². The summed E-state index contributed by atoms with van der Waals surface area (Å²) in [6, 6.07) is 0. The normalized spacial score (nSPS) is 26.2. The average molecular weight is 573 g/mol. The van der Waals surface area contributed by atoms with Gasteiger partial charge in [0, 0.05) is 30.8 Å². The molecule has 0 saturated heterocycles. The van der Waals surface area contributed by atoms with Gasteiger partial charge in [0.05, 0.1) is 13.2 Å². The molecule has 220 valence electrons. The second-order valence-electron chi connectivity index (χ2n) is 14.8. The number of rotatable bonds is 7. The van der Waals surface area contributed by atoms with Crippen LogP contribution < -0.4 is 0 Å². The van der Waals surface area contributed by atoms with E-state index in [1.807, 2.05) is 0 Å². The fourth-order valence-electron chi connectivity index (χ4n) is 5.09. The van der Waals surface area contributed by atoms with E-state index < -0.39 is 16.6 Å². The van der Waals surface area contributed by atoms with Crippen LogP contribution >= 0.6 is 0 Å². The first-order valence-electron chi connectivity index (χ1n) is 14.9. The zero-order valence-electron chi connectivity index (χ0n) is 27.2. The van der Waals surface area contributed by atoms with Gasteiger partial charge in [-0.2, -0.15) is 0 Å². The molecule has 6 atom stereocenters. The van der Waals surface area contributed by atoms with E-state index in [1.54, 1.807) is 6.08 Å². The molecule has 1 unspecified atom stereocenters. The molecule has 2 aliphatic carbocycles. The van der Waals surface area contributed by atoms with Crippen LogP contribution in [0.15, 0.2) is 11.6 Å². The predicted octanol–water partition coefficient (Wildman–Crippen LogP) is 8.36. The third-order valence-corrected chi connectivity index (χ3v) is 18.6. The average Bonchev–Trinajstić information content (AvgIpc) is 3.31. The zero-order valence-corrected chi connectivity index (χ0v) is 29.2. The molecule has 0 aromatic carbocycles. The van der Waals surface area contributed by atoms with E-state index in [-0.39, 0.29) is 40.1 Å². The Morgan fingerprint density at radius 1 is 1.03 bits per heavy atom. The van der Waals surface area contributed by atoms with Crippen LogP contribution in [0.3, 0.4) is 0 Å². The molecule has 2 aliphatic rings. The van der Waals surface area contributed by atoms with Crippen LogP contribution in [0.4, 0.5) is 0 Å². The Morgan fingerprint density at radius 3 is 2.18 bits per heavy atom. The van der Waals surface area contributed by atoms with Gasteiger partial charge in [-0.05, 0) is 67.4 Å². The Labute approximate surface area is 242 Å². The fourth-order valence-corrected chi connectivity index (χ4v) is 7.72. The second kappa shape index (κ2) is 13.1. The van der Waals surface area contributed by atoms with Gasteiger partial charge in [-0.15, -0.1) is 11.8 Å². The first-order valence-corrected chi connectivity index (χ1v) is 20.7. The molecule has 0 aliphatic heterocycles. The summed E-state index contributed by atoms with van der Waals surface area (Å²) >= 11 is 0. The molecule has 0 amide bonds. The molecule has 6 heteroatoms. The van der Waals surface area contributed by atoms with Gasteiger partial charge in [0.1, 0.15) is 6.10 Å². The lowest BCUT2D eigenvalue weighted by Gasteiger charge is -2.40. The fraction of sp³-hybridized carbons (Fsp3) is 0.788. The molecule has 2 fully saturated rings. The summed E-state index contributed by atoms with van der Waals surface area (Å²) in [5.41, 5.74) is 1.19. The molecule has 0 bridgehead atoms. The SMILES string of the molecule is CCC#CC[C@H](C)[C@@H](C#CC1[C@H]2C/C(=C/C(=O)OC)C[C@H]2C[C@H]1O[Si](C)(C)C(C)(C)C)O[Si](C)(C)C(C)(C)C. The monoisotopic (exact) mass is 572 g/mol. The van der Waals surface area contributed by atoms with Crippen LogP contribution in [0.1, 0.15) is 87.5 Å². The number of carbonyl (C=O) groups is 1. The second-order valence-corrected chi connectivity index (χ2v) is 24.3. The van der Waals surface area contributed by atoms with E-state index in [0.29, 0.717) is 11.8 Å². The number of allylic oxidation sites excluding steroid dienone is 1. The molecule has 0 heterocycles. The van der Waals surface area contributed by atoms with Gasteiger partial charge in [-0.1, -0.05) is 72.8 Å². The first-order chi connectivity index (χ1) is 17.8. The van der Waals surface area contributed by atoms with Gasteiger partial charge in [-0.25, -0.2) is 4.79 Å². The maximum atomic E-state index is 12.0. The molecule has 0 N–H and O–H groups in total. The standard InChI is InChI=1S/C33H56O4Si2/c1-14-15-16-17-24(2)29(36-38(10,11)32(3,4)5)19-18-27-28-21-25(22-31(34)35-9)20-26(28)23-30(27)37-39(12,13)33(6,7)8/h22,24,26-30H,14,17,20-21,23H2,1-13H3/b25-22+/t24-,26-,27?,28-,29+,30+/m0/s1. The highest BCUT2D eigenvalue weighted by atomic mass is 28.4. The van der Waals surface area contributed by atoms with Crippen molar-refractivity contribution >= 4 is 22.6 Å². The van der Waals surface area contributed by atoms with Crippen molar-refractivity contribution in [1.82, 2.24) is 0 Å². The van der Waals surface area contributed by atoms with E-state index in [2.05, 4.69) is 105 Å². The number of hydrogen-bond acceptors (Lipinski definition) is 4. The minimum Gasteiger partial charge on any atom is -0.466 e. The highest BCUT2D eigenvalue weighted by Gasteiger charge is 2.50. The Kier molecular flexibility index (Phi) is 11.4. The summed E-state index contributed by atoms with van der Waals surface area (Å²) in [5, 5.41) is 0.242. The zero-order chi connectivity index (χ0) is 29.8. The van der Waals surface area contributed by atoms with E-state index in [1.165, 1.54) is 12.7 Å². The number of ether oxygens (including phenoxy) is 1. The molecule has 2 rings (SSSR count). The molecular formula is C33H56O4Si2. The first kappa shape index (κ1) is 33.9. The smallest absolute Gasteiger partial charge is 0.330 e. The lowest BCUT2D eigenvalue weighted by atomic mass is 9.91. The molecule has 0 spiro atoms. The topological polar surface area (TPSA) is 44.8 Å². The number of fused-ring (bicyclic) bond motifs is 1. The summed E-state index contributed by atoms with van der Waals surface area (Å²) < 4.78 is 18.9. The Bertz CT molecular complexity index is 1010. The van der Waals surface area contributed by atoms with Gasteiger partial charge < -0.3 is 13.6 Å². The minimum absolute atomic E-state index is 0.104. The molecule has 2 saturated carbocycles. The van der Waals surface area contributed by atoms with Gasteiger partial charge in [0.15, 0.2) is 16.6 Å². The quantitative estimate of drug-likeness (QED) is 0.133. The van der Waals surface area contributed by atoms with E-state index in [9.17, 15) is 4.79 Å². The highest BCUT2D eigenvalue weighted by Crippen LogP contribution is 2.52. The van der Waals surface area contributed by atoms with Crippen LogP contribution in [0, 0.1) is 47.4 Å². The molecule has 39 heavy (non-hydrogen) atoms. The minimum atomic E-state index is -2.03. The van der Waals surface area contributed by atoms with Crippen LogP contribution in [-0.2, 0) is 18.4 Å². The van der Waals surface area contributed by atoms with Crippen LogP contribution in [0.2, 0.25) is 36.3 Å². The van der Waals surface area contributed by atoms with Gasteiger partial charge >= 0.3 is 5.97 Å². The predicted molar refractivity (Wildman–Crippen MR) is 168 cm³/mol. The van der Waals surface area contributed by atoms with Gasteiger partial charge in [-0.3, -0.25) is 0 Å². The Balaban J connectivity index is 2.46. The molecule has 0 aromatic rings. The van der Waals surface area contributed by atoms with Gasteiger partial charge in [0.2, 0.25) is 0 Å². The van der Waals surface area contributed by atoms with Crippen molar-refractivity contribution in [3.63, 3.8) is 0 Å². The maximum Gasteiger partial charge on any atom is 0.330 e. The summed E-state index contributed by atoms with van der Waals surface area (Å²) in [6.45, 7) is 27.4. The molecule has 0 aromatic heterocycles. The summed E-state index contributed by atoms with van der Waals surface area (Å²) in [5.74, 6) is 15.0. The van der Waals surface area contributed by atoms with Crippen LogP contribution in [-0.4, -0.2) is 41.9 Å². The lowest BCUT2D eigenvalue weighted by molar-refractivity contribution is -0.134. The third kappa shape index (κ3) is 8.83. The van der Waals surface area contributed by atoms with Crippen molar-refractivity contribution in [2.24, 2.45) is 23.7 Å². The maximum absolute atomic E-state index is 12.0. The molecule has 0 radical (unpaired) electrons. The molecule has 4 nitrogen and oxygen atoms in total. The van der Waals surface area contributed by atoms with Gasteiger partial charge in [0.25, 0.3) is 0 Å².